The SMILES string of the molecule is O=C(CS(=O)(=O)c1ccccc1[N+](=O)[O-])c1ccc(Cl)s1. The maximum Gasteiger partial charge on any atom is 0.287 e. The van der Waals surface area contributed by atoms with Crippen molar-refractivity contribution >= 4 is 44.2 Å². The second-order valence-electron chi connectivity index (χ2n) is 4.01. The van der Waals surface area contributed by atoms with Crippen molar-refractivity contribution in [1.82, 2.24) is 0 Å². The number of sulfone groups is 1. The highest BCUT2D eigenvalue weighted by Crippen LogP contribution is 2.26. The smallest absolute Gasteiger partial charge is 0.287 e. The van der Waals surface area contributed by atoms with Gasteiger partial charge in [0.05, 0.1) is 14.1 Å². The number of nitro benzene ring substituents is 1. The Hall–Kier alpha value is -1.77. The molecule has 1 aromatic heterocycles. The Morgan fingerprint density at radius 3 is 2.48 bits per heavy atom. The minimum atomic E-state index is -4.10. The number of ketones is 1. The van der Waals surface area contributed by atoms with Crippen molar-refractivity contribution in [2.24, 2.45) is 0 Å². The van der Waals surface area contributed by atoms with E-state index in [9.17, 15) is 23.3 Å². The van der Waals surface area contributed by atoms with E-state index in [2.05, 4.69) is 0 Å². The van der Waals surface area contributed by atoms with Gasteiger partial charge in [-0.2, -0.15) is 0 Å². The van der Waals surface area contributed by atoms with E-state index in [1.165, 1.54) is 24.3 Å². The van der Waals surface area contributed by atoms with Crippen LogP contribution < -0.4 is 0 Å². The number of hydrogen-bond acceptors (Lipinski definition) is 6. The van der Waals surface area contributed by atoms with Crippen molar-refractivity contribution in [3.8, 4) is 0 Å². The quantitative estimate of drug-likeness (QED) is 0.471. The van der Waals surface area contributed by atoms with Crippen LogP contribution in [-0.4, -0.2) is 24.9 Å². The zero-order valence-corrected chi connectivity index (χ0v) is 12.7. The fourth-order valence-electron chi connectivity index (χ4n) is 1.66. The van der Waals surface area contributed by atoms with Crippen LogP contribution >= 0.6 is 22.9 Å². The molecular weight excluding hydrogens is 338 g/mol. The lowest BCUT2D eigenvalue weighted by atomic mass is 10.3. The fourth-order valence-corrected chi connectivity index (χ4v) is 4.13. The van der Waals surface area contributed by atoms with Gasteiger partial charge in [0.15, 0.2) is 15.6 Å². The summed E-state index contributed by atoms with van der Waals surface area (Å²) < 4.78 is 24.8. The molecule has 0 spiro atoms. The largest absolute Gasteiger partial charge is 0.292 e. The molecule has 0 unspecified atom stereocenters. The lowest BCUT2D eigenvalue weighted by Crippen LogP contribution is -2.16. The number of para-hydroxylation sites is 1. The number of Topliss-reactive ketones (excluding diaryl/α,β-unsaturated/α-hetero) is 1. The lowest BCUT2D eigenvalue weighted by Gasteiger charge is -2.03. The van der Waals surface area contributed by atoms with Crippen LogP contribution in [0, 0.1) is 10.1 Å². The highest BCUT2D eigenvalue weighted by Gasteiger charge is 2.28. The number of carbonyl (C=O) groups excluding carboxylic acids is 1. The lowest BCUT2D eigenvalue weighted by molar-refractivity contribution is -0.387. The second-order valence-corrected chi connectivity index (χ2v) is 7.68. The van der Waals surface area contributed by atoms with Crippen molar-refractivity contribution in [2.45, 2.75) is 4.90 Å². The molecule has 2 aromatic rings. The van der Waals surface area contributed by atoms with Gasteiger partial charge in [0.25, 0.3) is 5.69 Å². The fraction of sp³-hybridized carbons (Fsp3) is 0.0833. The molecule has 0 bridgehead atoms. The molecule has 6 nitrogen and oxygen atoms in total. The van der Waals surface area contributed by atoms with E-state index in [0.29, 0.717) is 4.34 Å². The molecular formula is C12H8ClNO5S2. The molecule has 0 aliphatic heterocycles. The van der Waals surface area contributed by atoms with Crippen molar-refractivity contribution in [3.05, 3.63) is 55.7 Å². The predicted molar refractivity (Wildman–Crippen MR) is 78.8 cm³/mol. The second kappa shape index (κ2) is 5.92. The Balaban J connectivity index is 2.35. The Morgan fingerprint density at radius 1 is 1.24 bits per heavy atom. The van der Waals surface area contributed by atoms with Crippen LogP contribution in [0.25, 0.3) is 0 Å². The van der Waals surface area contributed by atoms with Crippen molar-refractivity contribution in [3.63, 3.8) is 0 Å². The molecule has 0 N–H and O–H groups in total. The van der Waals surface area contributed by atoms with Crippen LogP contribution in [0.3, 0.4) is 0 Å². The van der Waals surface area contributed by atoms with E-state index in [0.717, 1.165) is 23.5 Å². The Bertz CT molecular complexity index is 813. The van der Waals surface area contributed by atoms with Crippen LogP contribution in [0.1, 0.15) is 9.67 Å². The number of halogens is 1. The van der Waals surface area contributed by atoms with Gasteiger partial charge in [0.1, 0.15) is 10.6 Å². The van der Waals surface area contributed by atoms with Gasteiger partial charge in [0, 0.05) is 6.07 Å². The first kappa shape index (κ1) is 15.6. The number of benzene rings is 1. The minimum absolute atomic E-state index is 0.196. The third kappa shape index (κ3) is 3.46. The third-order valence-electron chi connectivity index (χ3n) is 2.57. The molecule has 0 amide bonds. The molecule has 0 radical (unpaired) electrons. The average molecular weight is 346 g/mol. The molecule has 1 aromatic carbocycles. The van der Waals surface area contributed by atoms with E-state index >= 15 is 0 Å². The van der Waals surface area contributed by atoms with Gasteiger partial charge >= 0.3 is 0 Å². The first-order valence-electron chi connectivity index (χ1n) is 5.56. The van der Waals surface area contributed by atoms with Crippen molar-refractivity contribution < 1.29 is 18.1 Å². The van der Waals surface area contributed by atoms with Gasteiger partial charge in [-0.05, 0) is 18.2 Å². The van der Waals surface area contributed by atoms with Crippen LogP contribution in [0.15, 0.2) is 41.3 Å². The van der Waals surface area contributed by atoms with Crippen molar-refractivity contribution in [1.29, 1.82) is 0 Å². The van der Waals surface area contributed by atoms with Crippen LogP contribution in [-0.2, 0) is 9.84 Å². The maximum absolute atomic E-state index is 12.2. The molecule has 9 heteroatoms. The van der Waals surface area contributed by atoms with E-state index in [4.69, 9.17) is 11.6 Å². The molecule has 2 rings (SSSR count). The molecule has 0 aliphatic carbocycles. The molecule has 0 fully saturated rings. The zero-order valence-electron chi connectivity index (χ0n) is 10.4. The normalized spacial score (nSPS) is 11.3. The predicted octanol–water partition coefficient (Wildman–Crippen LogP) is 2.97. The van der Waals surface area contributed by atoms with Gasteiger partial charge in [-0.25, -0.2) is 8.42 Å². The number of thiophene rings is 1. The highest BCUT2D eigenvalue weighted by molar-refractivity contribution is 7.92. The van der Waals surface area contributed by atoms with Crippen LogP contribution in [0.5, 0.6) is 0 Å². The topological polar surface area (TPSA) is 94.3 Å². The number of hydrogen-bond donors (Lipinski definition) is 0. The summed E-state index contributed by atoms with van der Waals surface area (Å²) in [6.07, 6.45) is 0. The molecule has 0 atom stereocenters. The monoisotopic (exact) mass is 345 g/mol. The van der Waals surface area contributed by atoms with E-state index in [1.807, 2.05) is 0 Å². The first-order valence-corrected chi connectivity index (χ1v) is 8.40. The van der Waals surface area contributed by atoms with Gasteiger partial charge in [-0.1, -0.05) is 23.7 Å². The van der Waals surface area contributed by atoms with Gasteiger partial charge in [-0.3, -0.25) is 14.9 Å². The summed E-state index contributed by atoms with van der Waals surface area (Å²) in [5, 5.41) is 10.9. The maximum atomic E-state index is 12.2. The molecule has 1 heterocycles. The van der Waals surface area contributed by atoms with E-state index < -0.39 is 36.9 Å². The molecule has 0 aliphatic rings. The summed E-state index contributed by atoms with van der Waals surface area (Å²) in [7, 11) is -4.10. The van der Waals surface area contributed by atoms with Crippen LogP contribution in [0.4, 0.5) is 5.69 Å². The molecule has 0 saturated carbocycles. The standard InChI is InChI=1S/C12H8ClNO5S2/c13-12-6-5-10(20-12)9(15)7-21(18,19)11-4-2-1-3-8(11)14(16)17/h1-6H,7H2. The van der Waals surface area contributed by atoms with Gasteiger partial charge in [0.2, 0.25) is 0 Å². The average Bonchev–Trinajstić information content (AvgIpc) is 2.85. The van der Waals surface area contributed by atoms with Crippen LogP contribution in [0.2, 0.25) is 4.34 Å². The Labute approximate surface area is 129 Å². The Morgan fingerprint density at radius 2 is 1.90 bits per heavy atom. The Kier molecular flexibility index (Phi) is 4.40. The third-order valence-corrected chi connectivity index (χ3v) is 5.50. The summed E-state index contributed by atoms with van der Waals surface area (Å²) in [4.78, 5) is 21.7. The molecule has 110 valence electrons. The van der Waals surface area contributed by atoms with Gasteiger partial charge in [-0.15, -0.1) is 11.3 Å². The first-order chi connectivity index (χ1) is 9.81. The van der Waals surface area contributed by atoms with E-state index in [1.54, 1.807) is 0 Å². The minimum Gasteiger partial charge on any atom is -0.292 e. The highest BCUT2D eigenvalue weighted by atomic mass is 35.5. The summed E-state index contributed by atoms with van der Waals surface area (Å²) in [5.74, 6) is -1.49. The van der Waals surface area contributed by atoms with Gasteiger partial charge < -0.3 is 0 Å². The summed E-state index contributed by atoms with van der Waals surface area (Å²) in [6, 6.07) is 7.83. The number of nitro groups is 1. The summed E-state index contributed by atoms with van der Waals surface area (Å²) in [5.41, 5.74) is -0.547. The van der Waals surface area contributed by atoms with Crippen molar-refractivity contribution in [2.75, 3.05) is 5.75 Å². The summed E-state index contributed by atoms with van der Waals surface area (Å²) in [6.45, 7) is 0. The van der Waals surface area contributed by atoms with E-state index in [-0.39, 0.29) is 4.88 Å². The number of rotatable bonds is 5. The summed E-state index contributed by atoms with van der Waals surface area (Å²) >= 11 is 6.65. The number of nitrogens with zero attached hydrogens (tertiary/aromatic N) is 1. The zero-order chi connectivity index (χ0) is 15.6. The molecule has 21 heavy (non-hydrogen) atoms. The number of carbonyl (C=O) groups is 1. The molecule has 0 saturated heterocycles.